The van der Waals surface area contributed by atoms with Gasteiger partial charge in [0.05, 0.1) is 5.71 Å². The van der Waals surface area contributed by atoms with Crippen LogP contribution in [0.4, 0.5) is 5.69 Å². The molecule has 0 aromatic heterocycles. The van der Waals surface area contributed by atoms with Gasteiger partial charge in [-0.05, 0) is 55.2 Å². The number of nitrogens with one attached hydrogen (secondary N) is 2. The van der Waals surface area contributed by atoms with Gasteiger partial charge in [0.1, 0.15) is 0 Å². The summed E-state index contributed by atoms with van der Waals surface area (Å²) in [6.45, 7) is 6.26. The third-order valence-electron chi connectivity index (χ3n) is 3.53. The molecule has 0 radical (unpaired) electrons. The maximum Gasteiger partial charge on any atom is 0.191 e. The summed E-state index contributed by atoms with van der Waals surface area (Å²) in [6, 6.07) is 16.4. The first-order valence-corrected chi connectivity index (χ1v) is 8.27. The van der Waals surface area contributed by atoms with E-state index < -0.39 is 0 Å². The van der Waals surface area contributed by atoms with Crippen LogP contribution in [0.1, 0.15) is 36.5 Å². The van der Waals surface area contributed by atoms with Crippen LogP contribution in [0.5, 0.6) is 0 Å². The molecule has 4 heteroatoms. The highest BCUT2D eigenvalue weighted by atomic mass is 32.1. The van der Waals surface area contributed by atoms with Crippen molar-refractivity contribution < 1.29 is 0 Å². The Kier molecular flexibility index (Phi) is 6.29. The predicted molar refractivity (Wildman–Crippen MR) is 103 cm³/mol. The summed E-state index contributed by atoms with van der Waals surface area (Å²) in [7, 11) is 0. The van der Waals surface area contributed by atoms with Crippen LogP contribution in [0.2, 0.25) is 0 Å². The third kappa shape index (κ3) is 5.18. The van der Waals surface area contributed by atoms with E-state index in [1.165, 1.54) is 5.56 Å². The number of aryl methyl sites for hydroxylation is 2. The van der Waals surface area contributed by atoms with Crippen molar-refractivity contribution in [3.8, 4) is 0 Å². The van der Waals surface area contributed by atoms with Crippen molar-refractivity contribution >= 4 is 28.7 Å². The van der Waals surface area contributed by atoms with E-state index >= 15 is 0 Å². The highest BCUT2D eigenvalue weighted by Gasteiger charge is 2.04. The maximum absolute atomic E-state index is 5.36. The Bertz CT molecular complexity index is 693. The van der Waals surface area contributed by atoms with Crippen molar-refractivity contribution in [3.63, 3.8) is 0 Å². The molecule has 2 rings (SSSR count). The minimum Gasteiger partial charge on any atom is -0.331 e. The smallest absolute Gasteiger partial charge is 0.191 e. The molecule has 0 aliphatic rings. The van der Waals surface area contributed by atoms with Crippen LogP contribution in [-0.2, 0) is 0 Å². The fourth-order valence-electron chi connectivity index (χ4n) is 2.27. The molecule has 23 heavy (non-hydrogen) atoms. The Morgan fingerprint density at radius 1 is 1.09 bits per heavy atom. The fraction of sp³-hybridized carbons (Fsp3) is 0.263. The molecule has 0 unspecified atom stereocenters. The number of thiocarbonyl (C=S) groups is 1. The molecular formula is C19H23N3S. The molecule has 0 spiro atoms. The number of anilines is 1. The molecule has 0 heterocycles. The number of benzene rings is 2. The van der Waals surface area contributed by atoms with E-state index in [4.69, 9.17) is 12.2 Å². The van der Waals surface area contributed by atoms with Crippen LogP contribution < -0.4 is 10.7 Å². The van der Waals surface area contributed by atoms with Gasteiger partial charge in [-0.2, -0.15) is 5.10 Å². The van der Waals surface area contributed by atoms with Gasteiger partial charge < -0.3 is 5.32 Å². The number of nitrogens with zero attached hydrogens (tertiary/aromatic N) is 1. The average molecular weight is 325 g/mol. The lowest BCUT2D eigenvalue weighted by Crippen LogP contribution is -2.25. The normalized spacial score (nSPS) is 11.2. The monoisotopic (exact) mass is 325 g/mol. The Labute approximate surface area is 143 Å². The van der Waals surface area contributed by atoms with Gasteiger partial charge in [0.25, 0.3) is 0 Å². The van der Waals surface area contributed by atoms with E-state index in [-0.39, 0.29) is 0 Å². The summed E-state index contributed by atoms with van der Waals surface area (Å²) >= 11 is 5.36. The topological polar surface area (TPSA) is 36.4 Å². The van der Waals surface area contributed by atoms with Crippen LogP contribution in [0, 0.1) is 13.8 Å². The summed E-state index contributed by atoms with van der Waals surface area (Å²) in [5.41, 5.74) is 8.46. The molecule has 0 saturated heterocycles. The van der Waals surface area contributed by atoms with Crippen LogP contribution in [-0.4, -0.2) is 10.8 Å². The zero-order chi connectivity index (χ0) is 16.7. The van der Waals surface area contributed by atoms with Gasteiger partial charge in [-0.3, -0.25) is 5.43 Å². The van der Waals surface area contributed by atoms with E-state index in [1.54, 1.807) is 0 Å². The summed E-state index contributed by atoms with van der Waals surface area (Å²) < 4.78 is 0. The van der Waals surface area contributed by atoms with Crippen molar-refractivity contribution in [2.24, 2.45) is 5.10 Å². The van der Waals surface area contributed by atoms with Gasteiger partial charge in [0, 0.05) is 5.69 Å². The number of hydrogen-bond donors (Lipinski definition) is 2. The molecular weight excluding hydrogens is 302 g/mol. The van der Waals surface area contributed by atoms with E-state index in [9.17, 15) is 0 Å². The second kappa shape index (κ2) is 8.44. The first kappa shape index (κ1) is 17.2. The largest absolute Gasteiger partial charge is 0.331 e. The molecule has 0 bridgehead atoms. The Morgan fingerprint density at radius 2 is 1.83 bits per heavy atom. The fourth-order valence-corrected chi connectivity index (χ4v) is 2.43. The van der Waals surface area contributed by atoms with Crippen molar-refractivity contribution in [1.29, 1.82) is 0 Å². The van der Waals surface area contributed by atoms with Crippen molar-refractivity contribution in [2.75, 3.05) is 5.32 Å². The van der Waals surface area contributed by atoms with Gasteiger partial charge in [-0.1, -0.05) is 55.8 Å². The van der Waals surface area contributed by atoms with Gasteiger partial charge in [0.2, 0.25) is 0 Å². The first-order valence-electron chi connectivity index (χ1n) is 7.86. The van der Waals surface area contributed by atoms with Gasteiger partial charge in [-0.25, -0.2) is 0 Å². The van der Waals surface area contributed by atoms with Crippen molar-refractivity contribution in [3.05, 3.63) is 65.2 Å². The quantitative estimate of drug-likeness (QED) is 0.471. The molecule has 2 aromatic carbocycles. The molecule has 0 atom stereocenters. The highest BCUT2D eigenvalue weighted by molar-refractivity contribution is 7.80. The summed E-state index contributed by atoms with van der Waals surface area (Å²) in [6.07, 6.45) is 1.94. The third-order valence-corrected chi connectivity index (χ3v) is 3.72. The number of hydrogen-bond acceptors (Lipinski definition) is 2. The van der Waals surface area contributed by atoms with Gasteiger partial charge in [-0.15, -0.1) is 0 Å². The lowest BCUT2D eigenvalue weighted by Gasteiger charge is -2.12. The Hall–Kier alpha value is -2.20. The molecule has 0 aliphatic carbocycles. The Balaban J connectivity index is 2.07. The van der Waals surface area contributed by atoms with Crippen LogP contribution in [0.3, 0.4) is 0 Å². The molecule has 2 N–H and O–H groups in total. The lowest BCUT2D eigenvalue weighted by atomic mass is 10.1. The van der Waals surface area contributed by atoms with E-state index in [0.717, 1.165) is 35.4 Å². The van der Waals surface area contributed by atoms with E-state index in [1.807, 2.05) is 18.2 Å². The molecule has 3 nitrogen and oxygen atoms in total. The van der Waals surface area contributed by atoms with E-state index in [2.05, 4.69) is 66.9 Å². The number of hydrazone groups is 1. The van der Waals surface area contributed by atoms with Gasteiger partial charge in [0.15, 0.2) is 5.11 Å². The molecule has 0 fully saturated rings. The molecule has 2 aromatic rings. The predicted octanol–water partition coefficient (Wildman–Crippen LogP) is 4.79. The summed E-state index contributed by atoms with van der Waals surface area (Å²) in [5, 5.41) is 8.21. The second-order valence-electron chi connectivity index (χ2n) is 5.56. The van der Waals surface area contributed by atoms with Crippen molar-refractivity contribution in [1.82, 2.24) is 5.43 Å². The molecule has 0 amide bonds. The van der Waals surface area contributed by atoms with E-state index in [0.29, 0.717) is 5.11 Å². The summed E-state index contributed by atoms with van der Waals surface area (Å²) in [4.78, 5) is 0. The highest BCUT2D eigenvalue weighted by Crippen LogP contribution is 2.16. The van der Waals surface area contributed by atoms with Gasteiger partial charge >= 0.3 is 0 Å². The molecule has 0 saturated carbocycles. The first-order chi connectivity index (χ1) is 11.1. The zero-order valence-corrected chi connectivity index (χ0v) is 14.7. The SMILES string of the molecule is CCC/C(=N/NC(=S)Nc1cc(C)ccc1C)c1ccccc1. The maximum atomic E-state index is 5.36. The Morgan fingerprint density at radius 3 is 2.52 bits per heavy atom. The summed E-state index contributed by atoms with van der Waals surface area (Å²) in [5.74, 6) is 0. The lowest BCUT2D eigenvalue weighted by molar-refractivity contribution is 0.954. The van der Waals surface area contributed by atoms with Crippen LogP contribution >= 0.6 is 12.2 Å². The van der Waals surface area contributed by atoms with Crippen LogP contribution in [0.25, 0.3) is 0 Å². The average Bonchev–Trinajstić information content (AvgIpc) is 2.55. The molecule has 0 aliphatic heterocycles. The van der Waals surface area contributed by atoms with Crippen molar-refractivity contribution in [2.45, 2.75) is 33.6 Å². The second-order valence-corrected chi connectivity index (χ2v) is 5.97. The minimum absolute atomic E-state index is 0.503. The zero-order valence-electron chi connectivity index (χ0n) is 13.9. The molecule has 120 valence electrons. The number of rotatable bonds is 5. The minimum atomic E-state index is 0.503. The van der Waals surface area contributed by atoms with Crippen LogP contribution in [0.15, 0.2) is 53.6 Å². The standard InChI is InChI=1S/C19H23N3S/c1-4-8-17(16-9-6-5-7-10-16)21-22-19(23)20-18-13-14(2)11-12-15(18)3/h5-7,9-13H,4,8H2,1-3H3,(H2,20,22,23)/b21-17-.